The summed E-state index contributed by atoms with van der Waals surface area (Å²) in [7, 11) is -0.774. The fraction of sp³-hybridized carbons (Fsp3) is 0.462. The van der Waals surface area contributed by atoms with Crippen LogP contribution in [0.3, 0.4) is 0 Å². The molecule has 0 aromatic heterocycles. The fourth-order valence-electron chi connectivity index (χ4n) is 2.20. The molecular formula is C13H18N2O3S. The maximum Gasteiger partial charge on any atom is 0.329 e. The minimum Gasteiger partial charge on any atom is -0.480 e. The number of carboxylic acid groups (broad SMARTS) is 1. The van der Waals surface area contributed by atoms with Gasteiger partial charge >= 0.3 is 5.97 Å². The minimum atomic E-state index is -1.42. The first-order valence-corrected chi connectivity index (χ1v) is 7.66. The lowest BCUT2D eigenvalue weighted by Gasteiger charge is -2.34. The predicted octanol–water partition coefficient (Wildman–Crippen LogP) is -0.0105. The van der Waals surface area contributed by atoms with Crippen LogP contribution in [0.25, 0.3) is 0 Å². The number of hydrogen-bond acceptors (Lipinski definition) is 4. The Morgan fingerprint density at radius 3 is 2.42 bits per heavy atom. The van der Waals surface area contributed by atoms with Gasteiger partial charge in [-0.3, -0.25) is 9.11 Å². The standard InChI is InChI=1S/C13H18N2O3S/c14-13(12(16)17,11-4-2-1-3-5-11)10-15-6-8-19(18)9-7-15/h1-5H,6-10,14H2,(H,16,17). The summed E-state index contributed by atoms with van der Waals surface area (Å²) in [6.07, 6.45) is 0. The molecule has 1 unspecified atom stereocenters. The molecule has 0 spiro atoms. The van der Waals surface area contributed by atoms with Crippen molar-refractivity contribution >= 4 is 16.8 Å². The van der Waals surface area contributed by atoms with Crippen molar-refractivity contribution in [3.8, 4) is 0 Å². The maximum atomic E-state index is 11.5. The average Bonchev–Trinajstić information content (AvgIpc) is 2.42. The molecule has 19 heavy (non-hydrogen) atoms. The molecule has 1 heterocycles. The van der Waals surface area contributed by atoms with Crippen molar-refractivity contribution in [2.24, 2.45) is 5.73 Å². The van der Waals surface area contributed by atoms with Crippen LogP contribution in [0, 0.1) is 0 Å². The van der Waals surface area contributed by atoms with Crippen LogP contribution in [-0.4, -0.2) is 51.3 Å². The molecule has 1 aromatic carbocycles. The van der Waals surface area contributed by atoms with Gasteiger partial charge in [-0.25, -0.2) is 4.79 Å². The van der Waals surface area contributed by atoms with Gasteiger partial charge in [0.2, 0.25) is 0 Å². The van der Waals surface area contributed by atoms with Gasteiger partial charge in [-0.2, -0.15) is 0 Å². The summed E-state index contributed by atoms with van der Waals surface area (Å²) in [5.41, 5.74) is 5.29. The molecule has 0 aliphatic carbocycles. The van der Waals surface area contributed by atoms with Crippen LogP contribution in [0.2, 0.25) is 0 Å². The van der Waals surface area contributed by atoms with E-state index in [1.165, 1.54) is 0 Å². The topological polar surface area (TPSA) is 83.6 Å². The zero-order valence-corrected chi connectivity index (χ0v) is 11.4. The molecule has 6 heteroatoms. The fourth-order valence-corrected chi connectivity index (χ4v) is 3.33. The summed E-state index contributed by atoms with van der Waals surface area (Å²) < 4.78 is 11.3. The summed E-state index contributed by atoms with van der Waals surface area (Å²) in [4.78, 5) is 13.5. The lowest BCUT2D eigenvalue weighted by molar-refractivity contribution is -0.144. The molecule has 1 aliphatic rings. The minimum absolute atomic E-state index is 0.240. The SMILES string of the molecule is NC(CN1CCS(=O)CC1)(C(=O)O)c1ccccc1. The molecule has 1 atom stereocenters. The van der Waals surface area contributed by atoms with E-state index in [2.05, 4.69) is 0 Å². The third kappa shape index (κ3) is 3.20. The molecule has 0 bridgehead atoms. The molecule has 0 amide bonds. The normalized spacial score (nSPS) is 20.9. The van der Waals surface area contributed by atoms with Crippen LogP contribution in [-0.2, 0) is 21.1 Å². The number of nitrogens with zero attached hydrogens (tertiary/aromatic N) is 1. The number of carbonyl (C=O) groups is 1. The molecule has 1 aliphatic heterocycles. The van der Waals surface area contributed by atoms with E-state index in [4.69, 9.17) is 5.73 Å². The Bertz CT molecular complexity index is 470. The Labute approximate surface area is 114 Å². The quantitative estimate of drug-likeness (QED) is 0.811. The molecule has 2 rings (SSSR count). The number of rotatable bonds is 4. The molecule has 1 saturated heterocycles. The van der Waals surface area contributed by atoms with Gasteiger partial charge in [-0.1, -0.05) is 30.3 Å². The molecule has 104 valence electrons. The van der Waals surface area contributed by atoms with Crippen molar-refractivity contribution < 1.29 is 14.1 Å². The van der Waals surface area contributed by atoms with Gasteiger partial charge in [-0.05, 0) is 5.56 Å². The highest BCUT2D eigenvalue weighted by Crippen LogP contribution is 2.20. The van der Waals surface area contributed by atoms with Crippen LogP contribution >= 0.6 is 0 Å². The largest absolute Gasteiger partial charge is 0.480 e. The summed E-state index contributed by atoms with van der Waals surface area (Å²) in [5, 5.41) is 9.46. The first kappa shape index (κ1) is 14.2. The molecule has 0 saturated carbocycles. The van der Waals surface area contributed by atoms with Crippen LogP contribution < -0.4 is 5.73 Å². The number of hydrogen-bond donors (Lipinski definition) is 2. The second-order valence-corrected chi connectivity index (χ2v) is 6.46. The predicted molar refractivity (Wildman–Crippen MR) is 74.3 cm³/mol. The first-order valence-electron chi connectivity index (χ1n) is 6.17. The van der Waals surface area contributed by atoms with Crippen molar-refractivity contribution in [1.82, 2.24) is 4.90 Å². The third-order valence-electron chi connectivity index (χ3n) is 3.41. The lowest BCUT2D eigenvalue weighted by Crippen LogP contribution is -2.55. The van der Waals surface area contributed by atoms with Crippen LogP contribution in [0.5, 0.6) is 0 Å². The van der Waals surface area contributed by atoms with E-state index < -0.39 is 22.3 Å². The maximum absolute atomic E-state index is 11.5. The van der Waals surface area contributed by atoms with Gasteiger partial charge in [0, 0.05) is 41.9 Å². The van der Waals surface area contributed by atoms with Gasteiger partial charge in [0.15, 0.2) is 5.54 Å². The molecule has 1 fully saturated rings. The number of carboxylic acids is 1. The van der Waals surface area contributed by atoms with Gasteiger partial charge in [0.1, 0.15) is 0 Å². The second kappa shape index (κ2) is 5.81. The van der Waals surface area contributed by atoms with Crippen LogP contribution in [0.4, 0.5) is 0 Å². The van der Waals surface area contributed by atoms with E-state index in [0.717, 1.165) is 0 Å². The smallest absolute Gasteiger partial charge is 0.329 e. The van der Waals surface area contributed by atoms with Crippen LogP contribution in [0.1, 0.15) is 5.56 Å². The van der Waals surface area contributed by atoms with E-state index >= 15 is 0 Å². The monoisotopic (exact) mass is 282 g/mol. The summed E-state index contributed by atoms with van der Waals surface area (Å²) in [5.74, 6) is 0.139. The number of benzene rings is 1. The molecule has 0 radical (unpaired) electrons. The third-order valence-corrected chi connectivity index (χ3v) is 4.69. The van der Waals surface area contributed by atoms with Crippen molar-refractivity contribution in [2.45, 2.75) is 5.54 Å². The van der Waals surface area contributed by atoms with E-state index in [0.29, 0.717) is 30.2 Å². The first-order chi connectivity index (χ1) is 9.02. The molecule has 1 aromatic rings. The highest BCUT2D eigenvalue weighted by Gasteiger charge is 2.38. The Kier molecular flexibility index (Phi) is 4.34. The van der Waals surface area contributed by atoms with Crippen molar-refractivity contribution in [1.29, 1.82) is 0 Å². The van der Waals surface area contributed by atoms with Crippen molar-refractivity contribution in [3.63, 3.8) is 0 Å². The highest BCUT2D eigenvalue weighted by molar-refractivity contribution is 7.85. The number of nitrogens with two attached hydrogens (primary N) is 1. The van der Waals surface area contributed by atoms with Gasteiger partial charge in [-0.15, -0.1) is 0 Å². The molecular weight excluding hydrogens is 264 g/mol. The number of aliphatic carboxylic acids is 1. The summed E-state index contributed by atoms with van der Waals surface area (Å²) in [6, 6.07) is 8.86. The zero-order valence-electron chi connectivity index (χ0n) is 10.6. The Morgan fingerprint density at radius 1 is 1.32 bits per heavy atom. The van der Waals surface area contributed by atoms with Crippen LogP contribution in [0.15, 0.2) is 30.3 Å². The van der Waals surface area contributed by atoms with Gasteiger partial charge in [0.25, 0.3) is 0 Å². The zero-order chi connectivity index (χ0) is 13.9. The van der Waals surface area contributed by atoms with Gasteiger partial charge < -0.3 is 10.8 Å². The van der Waals surface area contributed by atoms with Gasteiger partial charge in [0.05, 0.1) is 0 Å². The molecule has 3 N–H and O–H groups in total. The lowest BCUT2D eigenvalue weighted by atomic mass is 9.90. The van der Waals surface area contributed by atoms with E-state index in [1.807, 2.05) is 11.0 Å². The van der Waals surface area contributed by atoms with E-state index in [1.54, 1.807) is 24.3 Å². The van der Waals surface area contributed by atoms with E-state index in [-0.39, 0.29) is 6.54 Å². The summed E-state index contributed by atoms with van der Waals surface area (Å²) in [6.45, 7) is 1.50. The summed E-state index contributed by atoms with van der Waals surface area (Å²) >= 11 is 0. The molecule has 5 nitrogen and oxygen atoms in total. The Hall–Kier alpha value is -1.24. The highest BCUT2D eigenvalue weighted by atomic mass is 32.2. The Morgan fingerprint density at radius 2 is 1.89 bits per heavy atom. The van der Waals surface area contributed by atoms with Crippen molar-refractivity contribution in [3.05, 3.63) is 35.9 Å². The van der Waals surface area contributed by atoms with Crippen molar-refractivity contribution in [2.75, 3.05) is 31.1 Å². The second-order valence-electron chi connectivity index (χ2n) is 4.77. The van der Waals surface area contributed by atoms with E-state index in [9.17, 15) is 14.1 Å². The average molecular weight is 282 g/mol. The Balaban J connectivity index is 2.16.